The average molecular weight is 166 g/mol. The number of rotatable bonds is 1. The number of allylic oxidation sites excluding steroid dienone is 2. The Morgan fingerprint density at radius 2 is 2.33 bits per heavy atom. The molecule has 0 saturated heterocycles. The molecular formula is C10H14O2. The Bertz CT molecular complexity index is 257. The van der Waals surface area contributed by atoms with Crippen LogP contribution in [0.3, 0.4) is 0 Å². The lowest BCUT2D eigenvalue weighted by Gasteiger charge is -2.28. The molecular weight excluding hydrogens is 152 g/mol. The lowest BCUT2D eigenvalue weighted by atomic mass is 9.76. The number of carboxylic acids is 1. The second-order valence-corrected chi connectivity index (χ2v) is 4.41. The molecule has 0 spiro atoms. The SMILES string of the molecule is CC1C2C=CC(C)(C2)C1C(=O)O. The van der Waals surface area contributed by atoms with Gasteiger partial charge in [-0.05, 0) is 23.7 Å². The second-order valence-electron chi connectivity index (χ2n) is 4.41. The molecule has 0 aromatic heterocycles. The number of hydrogen-bond acceptors (Lipinski definition) is 1. The van der Waals surface area contributed by atoms with Crippen LogP contribution in [0, 0.1) is 23.2 Å². The van der Waals surface area contributed by atoms with Crippen molar-refractivity contribution in [3.05, 3.63) is 12.2 Å². The minimum Gasteiger partial charge on any atom is -0.481 e. The number of hydrogen-bond donors (Lipinski definition) is 1. The van der Waals surface area contributed by atoms with Gasteiger partial charge in [-0.1, -0.05) is 26.0 Å². The smallest absolute Gasteiger partial charge is 0.307 e. The summed E-state index contributed by atoms with van der Waals surface area (Å²) in [5.41, 5.74) is -0.0596. The number of fused-ring (bicyclic) bond motifs is 2. The van der Waals surface area contributed by atoms with Crippen molar-refractivity contribution in [3.63, 3.8) is 0 Å². The first kappa shape index (κ1) is 7.84. The third-order valence-corrected chi connectivity index (χ3v) is 3.58. The molecule has 2 heteroatoms. The van der Waals surface area contributed by atoms with Gasteiger partial charge < -0.3 is 5.11 Å². The highest BCUT2D eigenvalue weighted by Gasteiger charge is 2.53. The zero-order chi connectivity index (χ0) is 8.93. The molecule has 0 aromatic rings. The molecule has 4 unspecified atom stereocenters. The van der Waals surface area contributed by atoms with Gasteiger partial charge in [-0.2, -0.15) is 0 Å². The molecule has 0 aromatic carbocycles. The normalized spacial score (nSPS) is 50.0. The molecule has 2 aliphatic rings. The van der Waals surface area contributed by atoms with E-state index in [0.717, 1.165) is 6.42 Å². The molecule has 0 radical (unpaired) electrons. The molecule has 4 atom stereocenters. The van der Waals surface area contributed by atoms with Gasteiger partial charge in [0.05, 0.1) is 5.92 Å². The van der Waals surface area contributed by atoms with Gasteiger partial charge in [0.15, 0.2) is 0 Å². The van der Waals surface area contributed by atoms with E-state index in [0.29, 0.717) is 11.8 Å². The minimum atomic E-state index is -0.628. The van der Waals surface area contributed by atoms with Gasteiger partial charge in [0.2, 0.25) is 0 Å². The highest BCUT2D eigenvalue weighted by molar-refractivity contribution is 5.73. The van der Waals surface area contributed by atoms with Gasteiger partial charge in [-0.15, -0.1) is 0 Å². The third kappa shape index (κ3) is 0.780. The molecule has 2 aliphatic carbocycles. The quantitative estimate of drug-likeness (QED) is 0.604. The maximum atomic E-state index is 11.0. The van der Waals surface area contributed by atoms with Crippen LogP contribution in [0.2, 0.25) is 0 Å². The van der Waals surface area contributed by atoms with Crippen LogP contribution in [0.15, 0.2) is 12.2 Å². The van der Waals surface area contributed by atoms with Crippen LogP contribution >= 0.6 is 0 Å². The summed E-state index contributed by atoms with van der Waals surface area (Å²) in [4.78, 5) is 11.0. The lowest BCUT2D eigenvalue weighted by Crippen LogP contribution is -2.31. The molecule has 1 saturated carbocycles. The van der Waals surface area contributed by atoms with Crippen molar-refractivity contribution in [2.45, 2.75) is 20.3 Å². The van der Waals surface area contributed by atoms with E-state index in [2.05, 4.69) is 26.0 Å². The number of carbonyl (C=O) groups is 1. The topological polar surface area (TPSA) is 37.3 Å². The van der Waals surface area contributed by atoms with Crippen LogP contribution in [0.4, 0.5) is 0 Å². The first-order valence-corrected chi connectivity index (χ1v) is 4.47. The zero-order valence-electron chi connectivity index (χ0n) is 7.45. The van der Waals surface area contributed by atoms with Crippen LogP contribution in [0.5, 0.6) is 0 Å². The Kier molecular flexibility index (Phi) is 1.39. The molecule has 66 valence electrons. The first-order chi connectivity index (χ1) is 5.54. The van der Waals surface area contributed by atoms with Gasteiger partial charge in [0.25, 0.3) is 0 Å². The fourth-order valence-electron chi connectivity index (χ4n) is 2.93. The van der Waals surface area contributed by atoms with Crippen molar-refractivity contribution in [2.24, 2.45) is 23.2 Å². The highest BCUT2D eigenvalue weighted by atomic mass is 16.4. The number of aliphatic carboxylic acids is 1. The Hall–Kier alpha value is -0.790. The van der Waals surface area contributed by atoms with E-state index in [1.165, 1.54) is 0 Å². The Balaban J connectivity index is 2.36. The summed E-state index contributed by atoms with van der Waals surface area (Å²) in [6, 6.07) is 0. The largest absolute Gasteiger partial charge is 0.481 e. The molecule has 12 heavy (non-hydrogen) atoms. The van der Waals surface area contributed by atoms with E-state index < -0.39 is 5.97 Å². The van der Waals surface area contributed by atoms with Crippen LogP contribution in [0.25, 0.3) is 0 Å². The van der Waals surface area contributed by atoms with Gasteiger partial charge in [-0.3, -0.25) is 4.79 Å². The molecule has 0 amide bonds. The van der Waals surface area contributed by atoms with E-state index in [9.17, 15) is 4.79 Å². The van der Waals surface area contributed by atoms with E-state index >= 15 is 0 Å². The molecule has 2 bridgehead atoms. The maximum absolute atomic E-state index is 11.0. The summed E-state index contributed by atoms with van der Waals surface area (Å²) >= 11 is 0. The van der Waals surface area contributed by atoms with Gasteiger partial charge in [0.1, 0.15) is 0 Å². The maximum Gasteiger partial charge on any atom is 0.307 e. The summed E-state index contributed by atoms with van der Waals surface area (Å²) in [5.74, 6) is 0.0398. The summed E-state index contributed by atoms with van der Waals surface area (Å²) in [7, 11) is 0. The Morgan fingerprint density at radius 1 is 1.67 bits per heavy atom. The van der Waals surface area contributed by atoms with Crippen LogP contribution in [0.1, 0.15) is 20.3 Å². The Labute approximate surface area is 72.3 Å². The third-order valence-electron chi connectivity index (χ3n) is 3.58. The van der Waals surface area contributed by atoms with Crippen LogP contribution in [-0.4, -0.2) is 11.1 Å². The van der Waals surface area contributed by atoms with E-state index in [1.807, 2.05) is 0 Å². The fraction of sp³-hybridized carbons (Fsp3) is 0.700. The summed E-state index contributed by atoms with van der Waals surface area (Å²) in [6.45, 7) is 4.12. The van der Waals surface area contributed by atoms with Gasteiger partial charge in [0, 0.05) is 0 Å². The lowest BCUT2D eigenvalue weighted by molar-refractivity contribution is -0.145. The van der Waals surface area contributed by atoms with Crippen molar-refractivity contribution in [2.75, 3.05) is 0 Å². The van der Waals surface area contributed by atoms with Crippen molar-refractivity contribution in [1.82, 2.24) is 0 Å². The zero-order valence-corrected chi connectivity index (χ0v) is 7.45. The van der Waals surface area contributed by atoms with Gasteiger partial charge in [-0.25, -0.2) is 0 Å². The summed E-state index contributed by atoms with van der Waals surface area (Å²) < 4.78 is 0. The molecule has 0 heterocycles. The standard InChI is InChI=1S/C10H14O2/c1-6-7-3-4-10(2,5-7)8(6)9(11)12/h3-4,6-8H,5H2,1-2H3,(H,11,12). The highest BCUT2D eigenvalue weighted by Crippen LogP contribution is 2.56. The molecule has 2 nitrogen and oxygen atoms in total. The van der Waals surface area contributed by atoms with Crippen LogP contribution < -0.4 is 0 Å². The van der Waals surface area contributed by atoms with Crippen LogP contribution in [-0.2, 0) is 4.79 Å². The first-order valence-electron chi connectivity index (χ1n) is 4.47. The fourth-order valence-corrected chi connectivity index (χ4v) is 2.93. The van der Waals surface area contributed by atoms with Crippen molar-refractivity contribution in [3.8, 4) is 0 Å². The van der Waals surface area contributed by atoms with E-state index in [4.69, 9.17) is 5.11 Å². The van der Waals surface area contributed by atoms with Crippen molar-refractivity contribution >= 4 is 5.97 Å². The minimum absolute atomic E-state index is 0.0596. The second kappa shape index (κ2) is 2.12. The van der Waals surface area contributed by atoms with E-state index in [1.54, 1.807) is 0 Å². The van der Waals surface area contributed by atoms with E-state index in [-0.39, 0.29) is 11.3 Å². The average Bonchev–Trinajstić information content (AvgIpc) is 2.40. The predicted molar refractivity (Wildman–Crippen MR) is 45.6 cm³/mol. The Morgan fingerprint density at radius 3 is 2.67 bits per heavy atom. The number of carboxylic acid groups (broad SMARTS) is 1. The summed E-state index contributed by atoms with van der Waals surface area (Å²) in [5, 5.41) is 9.04. The summed E-state index contributed by atoms with van der Waals surface area (Å²) in [6.07, 6.45) is 5.31. The van der Waals surface area contributed by atoms with Crippen molar-refractivity contribution in [1.29, 1.82) is 0 Å². The molecule has 2 rings (SSSR count). The molecule has 0 aliphatic heterocycles. The van der Waals surface area contributed by atoms with Crippen molar-refractivity contribution < 1.29 is 9.90 Å². The molecule has 1 fully saturated rings. The molecule has 1 N–H and O–H groups in total. The van der Waals surface area contributed by atoms with Gasteiger partial charge >= 0.3 is 5.97 Å². The monoisotopic (exact) mass is 166 g/mol. The predicted octanol–water partition coefficient (Wildman–Crippen LogP) is 1.92.